The first-order chi connectivity index (χ1) is 19.8. The topological polar surface area (TPSA) is 81.1 Å². The minimum Gasteiger partial charge on any atom is -0.497 e. The van der Waals surface area contributed by atoms with Crippen molar-refractivity contribution in [3.05, 3.63) is 71.0 Å². The van der Waals surface area contributed by atoms with Crippen LogP contribution in [0.5, 0.6) is 11.5 Å². The van der Waals surface area contributed by atoms with Crippen LogP contribution in [0, 0.1) is 19.3 Å². The Bertz CT molecular complexity index is 1360. The predicted octanol–water partition coefficient (Wildman–Crippen LogP) is 7.56. The fourth-order valence-electron chi connectivity index (χ4n) is 5.55. The number of benzene rings is 2. The van der Waals surface area contributed by atoms with Crippen LogP contribution in [0.4, 0.5) is 5.69 Å². The summed E-state index contributed by atoms with van der Waals surface area (Å²) in [6, 6.07) is 16.1. The lowest BCUT2D eigenvalue weighted by Gasteiger charge is -2.41. The van der Waals surface area contributed by atoms with Crippen LogP contribution in [0.1, 0.15) is 76.1 Å². The van der Waals surface area contributed by atoms with E-state index in [1.165, 1.54) is 5.56 Å². The SMILES string of the molecule is COc1ccc(CCOc2ccc(-c3c(C)nc(C)c([C@H](OC(C)(C)C)C(=O)O)c3N3CCC(C)(C)CC3)cc2)cc1. The van der Waals surface area contributed by atoms with Gasteiger partial charge >= 0.3 is 5.97 Å². The first-order valence-electron chi connectivity index (χ1n) is 14.8. The molecule has 0 amide bonds. The number of aryl methyl sites for hydroxylation is 2. The quantitative estimate of drug-likeness (QED) is 0.268. The van der Waals surface area contributed by atoms with Crippen LogP contribution < -0.4 is 14.4 Å². The van der Waals surface area contributed by atoms with E-state index in [-0.39, 0.29) is 5.41 Å². The lowest BCUT2D eigenvalue weighted by Crippen LogP contribution is -2.39. The van der Waals surface area contributed by atoms with Crippen molar-refractivity contribution < 1.29 is 24.1 Å². The number of rotatable bonds is 10. The van der Waals surface area contributed by atoms with Crippen LogP contribution in [-0.4, -0.2) is 48.5 Å². The van der Waals surface area contributed by atoms with Crippen LogP contribution in [0.2, 0.25) is 0 Å². The minimum atomic E-state index is -1.14. The van der Waals surface area contributed by atoms with Gasteiger partial charge in [0.1, 0.15) is 11.5 Å². The second-order valence-electron chi connectivity index (χ2n) is 13.0. The van der Waals surface area contributed by atoms with E-state index in [1.807, 2.05) is 83.1 Å². The van der Waals surface area contributed by atoms with Gasteiger partial charge in [0, 0.05) is 42.0 Å². The summed E-state index contributed by atoms with van der Waals surface area (Å²) < 4.78 is 17.5. The molecule has 1 fully saturated rings. The molecule has 1 aliphatic heterocycles. The highest BCUT2D eigenvalue weighted by molar-refractivity contribution is 5.88. The molecule has 3 aromatic rings. The summed E-state index contributed by atoms with van der Waals surface area (Å²) in [5, 5.41) is 10.4. The zero-order chi connectivity index (χ0) is 30.7. The molecule has 1 saturated heterocycles. The van der Waals surface area contributed by atoms with E-state index in [1.54, 1.807) is 7.11 Å². The van der Waals surface area contributed by atoms with Gasteiger partial charge < -0.3 is 24.2 Å². The van der Waals surface area contributed by atoms with Crippen molar-refractivity contribution in [2.45, 2.75) is 79.4 Å². The third-order valence-corrected chi connectivity index (χ3v) is 7.93. The monoisotopic (exact) mass is 574 g/mol. The van der Waals surface area contributed by atoms with Crippen LogP contribution in [0.15, 0.2) is 48.5 Å². The maximum atomic E-state index is 12.7. The molecule has 2 heterocycles. The summed E-state index contributed by atoms with van der Waals surface area (Å²) in [5.41, 5.74) is 5.81. The van der Waals surface area contributed by atoms with E-state index in [4.69, 9.17) is 19.2 Å². The molecule has 0 unspecified atom stereocenters. The molecule has 0 bridgehead atoms. The predicted molar refractivity (Wildman–Crippen MR) is 168 cm³/mol. The van der Waals surface area contributed by atoms with E-state index in [9.17, 15) is 9.90 Å². The zero-order valence-corrected chi connectivity index (χ0v) is 26.4. The Morgan fingerprint density at radius 2 is 1.57 bits per heavy atom. The first kappa shape index (κ1) is 31.4. The Morgan fingerprint density at radius 3 is 2.12 bits per heavy atom. The van der Waals surface area contributed by atoms with E-state index in [0.29, 0.717) is 17.9 Å². The lowest BCUT2D eigenvalue weighted by molar-refractivity contribution is -0.160. The summed E-state index contributed by atoms with van der Waals surface area (Å²) in [5.74, 6) is 0.612. The van der Waals surface area contributed by atoms with Gasteiger partial charge in [-0.1, -0.05) is 38.1 Å². The molecule has 1 N–H and O–H groups in total. The summed E-state index contributed by atoms with van der Waals surface area (Å²) in [7, 11) is 1.66. The fourth-order valence-corrected chi connectivity index (χ4v) is 5.55. The first-order valence-corrected chi connectivity index (χ1v) is 14.8. The highest BCUT2D eigenvalue weighted by atomic mass is 16.5. The van der Waals surface area contributed by atoms with Gasteiger partial charge in [0.25, 0.3) is 0 Å². The number of hydrogen-bond donors (Lipinski definition) is 1. The molecular weight excluding hydrogens is 528 g/mol. The third-order valence-electron chi connectivity index (χ3n) is 7.93. The number of anilines is 1. The number of aliphatic carboxylic acids is 1. The largest absolute Gasteiger partial charge is 0.497 e. The normalized spacial score (nSPS) is 15.8. The number of hydrogen-bond acceptors (Lipinski definition) is 6. The molecule has 4 rings (SSSR count). The van der Waals surface area contributed by atoms with Gasteiger partial charge in [-0.2, -0.15) is 0 Å². The average Bonchev–Trinajstić information content (AvgIpc) is 2.92. The van der Waals surface area contributed by atoms with Crippen LogP contribution >= 0.6 is 0 Å². The number of pyridine rings is 1. The van der Waals surface area contributed by atoms with Crippen molar-refractivity contribution >= 4 is 11.7 Å². The number of carboxylic acid groups (broad SMARTS) is 1. The number of methoxy groups -OCH3 is 1. The van der Waals surface area contributed by atoms with Crippen molar-refractivity contribution in [2.24, 2.45) is 5.41 Å². The van der Waals surface area contributed by atoms with E-state index in [2.05, 4.69) is 18.7 Å². The Labute approximate surface area is 250 Å². The number of nitrogens with zero attached hydrogens (tertiary/aromatic N) is 2. The highest BCUT2D eigenvalue weighted by Crippen LogP contribution is 2.45. The molecule has 0 radical (unpaired) electrons. The molecule has 1 aliphatic rings. The van der Waals surface area contributed by atoms with Crippen LogP contribution in [-0.2, 0) is 16.0 Å². The molecule has 7 nitrogen and oxygen atoms in total. The Kier molecular flexibility index (Phi) is 9.51. The summed E-state index contributed by atoms with van der Waals surface area (Å²) in [6.07, 6.45) is 1.69. The second kappa shape index (κ2) is 12.7. The smallest absolute Gasteiger partial charge is 0.337 e. The fraction of sp³-hybridized carbons (Fsp3) is 0.486. The van der Waals surface area contributed by atoms with Crippen LogP contribution in [0.3, 0.4) is 0 Å². The van der Waals surface area contributed by atoms with Crippen LogP contribution in [0.25, 0.3) is 11.1 Å². The number of ether oxygens (including phenoxy) is 3. The van der Waals surface area contributed by atoms with Crippen molar-refractivity contribution in [3.63, 3.8) is 0 Å². The molecule has 0 spiro atoms. The summed E-state index contributed by atoms with van der Waals surface area (Å²) in [6.45, 7) is 16.4. The Morgan fingerprint density at radius 1 is 0.976 bits per heavy atom. The molecule has 1 atom stereocenters. The average molecular weight is 575 g/mol. The summed E-state index contributed by atoms with van der Waals surface area (Å²) in [4.78, 5) is 19.9. The number of carboxylic acids is 1. The molecule has 226 valence electrons. The zero-order valence-electron chi connectivity index (χ0n) is 26.4. The van der Waals surface area contributed by atoms with Crippen molar-refractivity contribution in [1.29, 1.82) is 0 Å². The van der Waals surface area contributed by atoms with E-state index in [0.717, 1.165) is 66.4 Å². The van der Waals surface area contributed by atoms with E-state index >= 15 is 0 Å². The van der Waals surface area contributed by atoms with Gasteiger partial charge in [-0.3, -0.25) is 4.98 Å². The van der Waals surface area contributed by atoms with Gasteiger partial charge in [-0.25, -0.2) is 4.79 Å². The Balaban J connectivity index is 1.69. The molecule has 42 heavy (non-hydrogen) atoms. The van der Waals surface area contributed by atoms with Gasteiger partial charge in [0.2, 0.25) is 0 Å². The van der Waals surface area contributed by atoms with Crippen molar-refractivity contribution in [2.75, 3.05) is 31.7 Å². The number of piperidine rings is 1. The molecular formula is C35H46N2O5. The third kappa shape index (κ3) is 7.62. The molecule has 0 aliphatic carbocycles. The standard InChI is InChI=1S/C35H46N2O5/c1-23-29(26-11-15-28(16-12-26)41-22-17-25-9-13-27(40-8)14-10-25)31(37-20-18-35(6,7)19-21-37)30(24(2)36-23)32(33(38)39)42-34(3,4)5/h9-16,32H,17-22H2,1-8H3,(H,38,39)/t32-/m0/s1. The highest BCUT2D eigenvalue weighted by Gasteiger charge is 2.36. The van der Waals surface area contributed by atoms with Gasteiger partial charge in [0.05, 0.1) is 25.0 Å². The maximum Gasteiger partial charge on any atom is 0.337 e. The number of aromatic nitrogens is 1. The van der Waals surface area contributed by atoms with Gasteiger partial charge in [-0.15, -0.1) is 0 Å². The second-order valence-corrected chi connectivity index (χ2v) is 13.0. The number of carbonyl (C=O) groups is 1. The molecule has 2 aromatic carbocycles. The van der Waals surface area contributed by atoms with Crippen molar-refractivity contribution in [3.8, 4) is 22.6 Å². The molecule has 1 aromatic heterocycles. The van der Waals surface area contributed by atoms with E-state index < -0.39 is 17.7 Å². The van der Waals surface area contributed by atoms with Crippen molar-refractivity contribution in [1.82, 2.24) is 4.98 Å². The molecule has 7 heteroatoms. The Hall–Kier alpha value is -3.58. The summed E-state index contributed by atoms with van der Waals surface area (Å²) >= 11 is 0. The molecule has 0 saturated carbocycles. The van der Waals surface area contributed by atoms with Gasteiger partial charge in [0.15, 0.2) is 6.10 Å². The maximum absolute atomic E-state index is 12.7. The van der Waals surface area contributed by atoms with Gasteiger partial charge in [-0.05, 0) is 88.3 Å². The minimum absolute atomic E-state index is 0.243. The lowest BCUT2D eigenvalue weighted by atomic mass is 9.82.